The summed E-state index contributed by atoms with van der Waals surface area (Å²) in [5, 5.41) is 10.2. The second-order valence-electron chi connectivity index (χ2n) is 8.30. The molecule has 8 heteroatoms. The highest BCUT2D eigenvalue weighted by molar-refractivity contribution is 6.00. The van der Waals surface area contributed by atoms with Crippen LogP contribution in [0.4, 0.5) is 0 Å². The number of aromatic nitrogens is 2. The topological polar surface area (TPSA) is 102 Å². The number of methoxy groups -OCH3 is 1. The van der Waals surface area contributed by atoms with Crippen LogP contribution >= 0.6 is 0 Å². The molecule has 1 fully saturated rings. The number of hydrogen-bond donors (Lipinski definition) is 2. The third-order valence-electron chi connectivity index (χ3n) is 6.10. The van der Waals surface area contributed by atoms with Crippen molar-refractivity contribution in [3.63, 3.8) is 0 Å². The zero-order chi connectivity index (χ0) is 21.2. The molecular formula is C21H28N4O4. The van der Waals surface area contributed by atoms with Gasteiger partial charge < -0.3 is 15.4 Å². The number of amides is 2. The Morgan fingerprint density at radius 3 is 2.79 bits per heavy atom. The van der Waals surface area contributed by atoms with Crippen molar-refractivity contribution < 1.29 is 19.1 Å². The highest BCUT2D eigenvalue weighted by atomic mass is 16.5. The first-order chi connectivity index (χ1) is 13.7. The second kappa shape index (κ2) is 8.23. The van der Waals surface area contributed by atoms with E-state index in [2.05, 4.69) is 34.3 Å². The number of hydrogen-bond acceptors (Lipinski definition) is 5. The van der Waals surface area contributed by atoms with Gasteiger partial charge in [-0.05, 0) is 36.0 Å². The van der Waals surface area contributed by atoms with E-state index >= 15 is 0 Å². The van der Waals surface area contributed by atoms with Gasteiger partial charge in [0, 0.05) is 25.2 Å². The minimum atomic E-state index is -0.465. The average Bonchev–Trinajstić information content (AvgIpc) is 3.17. The molecule has 3 rings (SSSR count). The number of fused-ring (bicyclic) bond motifs is 1. The minimum Gasteiger partial charge on any atom is -0.469 e. The zero-order valence-corrected chi connectivity index (χ0v) is 17.3. The van der Waals surface area contributed by atoms with Crippen LogP contribution in [0.5, 0.6) is 0 Å². The maximum Gasteiger partial charge on any atom is 0.308 e. The number of nitrogens with zero attached hydrogens (tertiary/aromatic N) is 2. The molecule has 0 aliphatic heterocycles. The minimum absolute atomic E-state index is 0.0223. The molecule has 0 aromatic carbocycles. The molecule has 2 aromatic heterocycles. The summed E-state index contributed by atoms with van der Waals surface area (Å²) in [4.78, 5) is 36.3. The van der Waals surface area contributed by atoms with Crippen LogP contribution in [0.15, 0.2) is 30.6 Å². The summed E-state index contributed by atoms with van der Waals surface area (Å²) in [6.45, 7) is 6.37. The first-order valence-electron chi connectivity index (χ1n) is 9.81. The summed E-state index contributed by atoms with van der Waals surface area (Å²) in [6, 6.07) is 5.43. The summed E-state index contributed by atoms with van der Waals surface area (Å²) < 4.78 is 6.32. The van der Waals surface area contributed by atoms with E-state index < -0.39 is 5.92 Å². The van der Waals surface area contributed by atoms with Crippen molar-refractivity contribution in [3.05, 3.63) is 36.2 Å². The Morgan fingerprint density at radius 1 is 1.34 bits per heavy atom. The monoisotopic (exact) mass is 400 g/mol. The van der Waals surface area contributed by atoms with E-state index in [1.54, 1.807) is 36.0 Å². The van der Waals surface area contributed by atoms with Gasteiger partial charge in [0.05, 0.1) is 30.3 Å². The lowest BCUT2D eigenvalue weighted by molar-refractivity contribution is -0.146. The van der Waals surface area contributed by atoms with E-state index in [9.17, 15) is 14.4 Å². The molecule has 0 saturated heterocycles. The van der Waals surface area contributed by atoms with Gasteiger partial charge in [0.15, 0.2) is 0 Å². The lowest BCUT2D eigenvalue weighted by Crippen LogP contribution is -2.60. The summed E-state index contributed by atoms with van der Waals surface area (Å²) >= 11 is 0. The highest BCUT2D eigenvalue weighted by Gasteiger charge is 2.48. The molecule has 1 saturated carbocycles. The molecule has 8 nitrogen and oxygen atoms in total. The molecule has 2 aromatic rings. The maximum absolute atomic E-state index is 12.8. The quantitative estimate of drug-likeness (QED) is 0.690. The molecule has 3 atom stereocenters. The van der Waals surface area contributed by atoms with Gasteiger partial charge in [0.2, 0.25) is 5.91 Å². The molecule has 0 spiro atoms. The molecule has 3 unspecified atom stereocenters. The van der Waals surface area contributed by atoms with Crippen molar-refractivity contribution in [2.45, 2.75) is 39.7 Å². The SMILES string of the molecule is COC(=O)C(C)CC(=O)NCC1CC(NC(=O)c2cccn3nccc23)C1(C)C. The number of rotatable bonds is 7. The normalized spacial score (nSPS) is 21.1. The van der Waals surface area contributed by atoms with Crippen molar-refractivity contribution in [1.82, 2.24) is 20.2 Å². The fourth-order valence-electron chi connectivity index (χ4n) is 3.86. The van der Waals surface area contributed by atoms with Crippen LogP contribution in [0.1, 0.15) is 44.0 Å². The summed E-state index contributed by atoms with van der Waals surface area (Å²) in [5.74, 6) is -0.897. The van der Waals surface area contributed by atoms with Crippen LogP contribution in [-0.4, -0.2) is 47.1 Å². The largest absolute Gasteiger partial charge is 0.469 e. The molecule has 0 bridgehead atoms. The standard InChI is InChI=1S/C21H28N4O4/c1-13(20(28)29-4)10-18(26)22-12-14-11-17(21(14,2)3)24-19(27)15-6-5-9-25-16(15)7-8-23-25/h5-9,13-14,17H,10-12H2,1-4H3,(H,22,26)(H,24,27). The summed E-state index contributed by atoms with van der Waals surface area (Å²) in [7, 11) is 1.31. The van der Waals surface area contributed by atoms with Crippen LogP contribution in [0.25, 0.3) is 5.52 Å². The fourth-order valence-corrected chi connectivity index (χ4v) is 3.86. The van der Waals surface area contributed by atoms with Crippen molar-refractivity contribution in [1.29, 1.82) is 0 Å². The molecular weight excluding hydrogens is 372 g/mol. The van der Waals surface area contributed by atoms with Crippen molar-refractivity contribution in [3.8, 4) is 0 Å². The van der Waals surface area contributed by atoms with Gasteiger partial charge in [-0.3, -0.25) is 14.4 Å². The molecule has 29 heavy (non-hydrogen) atoms. The van der Waals surface area contributed by atoms with Gasteiger partial charge in [0.25, 0.3) is 5.91 Å². The molecule has 1 aliphatic carbocycles. The van der Waals surface area contributed by atoms with Crippen LogP contribution in [-0.2, 0) is 14.3 Å². The van der Waals surface area contributed by atoms with Gasteiger partial charge >= 0.3 is 5.97 Å². The third-order valence-corrected chi connectivity index (χ3v) is 6.10. The van der Waals surface area contributed by atoms with Gasteiger partial charge in [-0.25, -0.2) is 4.52 Å². The number of nitrogens with one attached hydrogen (secondary N) is 2. The maximum atomic E-state index is 12.8. The summed E-state index contributed by atoms with van der Waals surface area (Å²) in [6.07, 6.45) is 4.36. The number of esters is 1. The predicted molar refractivity (Wildman–Crippen MR) is 107 cm³/mol. The third kappa shape index (κ3) is 4.26. The Kier molecular flexibility index (Phi) is 5.91. The van der Waals surface area contributed by atoms with Gasteiger partial charge in [0.1, 0.15) is 0 Å². The van der Waals surface area contributed by atoms with Crippen LogP contribution in [0, 0.1) is 17.3 Å². The van der Waals surface area contributed by atoms with E-state index in [0.29, 0.717) is 12.1 Å². The zero-order valence-electron chi connectivity index (χ0n) is 17.3. The lowest BCUT2D eigenvalue weighted by atomic mass is 9.58. The lowest BCUT2D eigenvalue weighted by Gasteiger charge is -2.52. The van der Waals surface area contributed by atoms with E-state index in [4.69, 9.17) is 0 Å². The molecule has 156 valence electrons. The van der Waals surface area contributed by atoms with Gasteiger partial charge in [-0.2, -0.15) is 5.10 Å². The highest BCUT2D eigenvalue weighted by Crippen LogP contribution is 2.46. The average molecular weight is 400 g/mol. The molecule has 2 N–H and O–H groups in total. The molecule has 0 radical (unpaired) electrons. The van der Waals surface area contributed by atoms with Crippen LogP contribution in [0.3, 0.4) is 0 Å². The fraction of sp³-hybridized carbons (Fsp3) is 0.524. The number of carbonyl (C=O) groups is 3. The molecule has 1 aliphatic rings. The van der Waals surface area contributed by atoms with E-state index in [0.717, 1.165) is 11.9 Å². The van der Waals surface area contributed by atoms with Crippen molar-refractivity contribution in [2.24, 2.45) is 17.3 Å². The van der Waals surface area contributed by atoms with Gasteiger partial charge in [-0.15, -0.1) is 0 Å². The van der Waals surface area contributed by atoms with Crippen molar-refractivity contribution in [2.75, 3.05) is 13.7 Å². The van der Waals surface area contributed by atoms with Gasteiger partial charge in [-0.1, -0.05) is 20.8 Å². The predicted octanol–water partition coefficient (Wildman–Crippen LogP) is 1.79. The molecule has 2 amide bonds. The smallest absolute Gasteiger partial charge is 0.308 e. The van der Waals surface area contributed by atoms with E-state index in [1.807, 2.05) is 6.07 Å². The van der Waals surface area contributed by atoms with Crippen molar-refractivity contribution >= 4 is 23.3 Å². The molecule has 2 heterocycles. The Hall–Kier alpha value is -2.90. The first kappa shape index (κ1) is 20.8. The Labute approximate surface area is 170 Å². The number of carbonyl (C=O) groups excluding carboxylic acids is 3. The second-order valence-corrected chi connectivity index (χ2v) is 8.30. The number of ether oxygens (including phenoxy) is 1. The Morgan fingerprint density at radius 2 is 2.10 bits per heavy atom. The van der Waals surface area contributed by atoms with Crippen LogP contribution in [0.2, 0.25) is 0 Å². The summed E-state index contributed by atoms with van der Waals surface area (Å²) in [5.41, 5.74) is 1.21. The Bertz CT molecular complexity index is 920. The number of pyridine rings is 1. The first-order valence-corrected chi connectivity index (χ1v) is 9.81. The van der Waals surface area contributed by atoms with E-state index in [-0.39, 0.29) is 41.6 Å². The Balaban J connectivity index is 1.52. The van der Waals surface area contributed by atoms with Crippen LogP contribution < -0.4 is 10.6 Å². The van der Waals surface area contributed by atoms with E-state index in [1.165, 1.54) is 7.11 Å².